The molecular formula is C15H26O2. The Labute approximate surface area is 105 Å². The Balaban J connectivity index is 1.82. The molecule has 0 saturated heterocycles. The van der Waals surface area contributed by atoms with Crippen LogP contribution in [0.3, 0.4) is 0 Å². The van der Waals surface area contributed by atoms with E-state index in [0.29, 0.717) is 18.3 Å². The highest BCUT2D eigenvalue weighted by atomic mass is 16.5. The summed E-state index contributed by atoms with van der Waals surface area (Å²) < 4.78 is 5.59. The van der Waals surface area contributed by atoms with Crippen molar-refractivity contribution in [2.75, 3.05) is 6.61 Å². The molecule has 0 heterocycles. The maximum atomic E-state index is 12.2. The first-order valence-electron chi connectivity index (χ1n) is 7.38. The van der Waals surface area contributed by atoms with Crippen molar-refractivity contribution in [2.45, 2.75) is 64.9 Å². The van der Waals surface area contributed by atoms with Gasteiger partial charge < -0.3 is 4.74 Å². The lowest BCUT2D eigenvalue weighted by Crippen LogP contribution is -2.27. The number of Topliss-reactive ketones (excluding diaryl/α,β-unsaturated/α-hetero) is 1. The van der Waals surface area contributed by atoms with E-state index in [1.165, 1.54) is 25.7 Å². The third-order valence-electron chi connectivity index (χ3n) is 4.63. The lowest BCUT2D eigenvalue weighted by molar-refractivity contribution is -0.132. The number of ether oxygens (including phenoxy) is 1. The van der Waals surface area contributed by atoms with Crippen molar-refractivity contribution >= 4 is 5.78 Å². The van der Waals surface area contributed by atoms with Crippen molar-refractivity contribution in [1.82, 2.24) is 0 Å². The van der Waals surface area contributed by atoms with E-state index in [4.69, 9.17) is 4.74 Å². The van der Waals surface area contributed by atoms with Gasteiger partial charge in [0.1, 0.15) is 6.10 Å². The van der Waals surface area contributed by atoms with Crippen LogP contribution in [-0.4, -0.2) is 18.5 Å². The summed E-state index contributed by atoms with van der Waals surface area (Å²) in [5.74, 6) is 2.84. The largest absolute Gasteiger partial charge is 0.371 e. The van der Waals surface area contributed by atoms with Crippen molar-refractivity contribution in [2.24, 2.45) is 17.8 Å². The number of carbonyl (C=O) groups excluding carboxylic acids is 1. The molecule has 0 spiro atoms. The molecule has 2 nitrogen and oxygen atoms in total. The lowest BCUT2D eigenvalue weighted by atomic mass is 9.84. The van der Waals surface area contributed by atoms with Crippen LogP contribution >= 0.6 is 0 Å². The summed E-state index contributed by atoms with van der Waals surface area (Å²) in [6, 6.07) is 0. The lowest BCUT2D eigenvalue weighted by Gasteiger charge is -2.23. The van der Waals surface area contributed by atoms with Crippen LogP contribution in [0.1, 0.15) is 58.8 Å². The average Bonchev–Trinajstić information content (AvgIpc) is 2.90. The Bertz CT molecular complexity index is 256. The molecule has 98 valence electrons. The molecule has 4 atom stereocenters. The standard InChI is InChI=1S/C15H26O2/c1-3-5-15(17-4-2)14(16)10-13-9-11-6-7-12(13)8-11/h11-13,15H,3-10H2,1-2H3. The van der Waals surface area contributed by atoms with Gasteiger partial charge in [0.15, 0.2) is 5.78 Å². The topological polar surface area (TPSA) is 26.3 Å². The fourth-order valence-corrected chi connectivity index (χ4v) is 3.82. The second kappa shape index (κ2) is 5.99. The molecule has 0 aromatic heterocycles. The zero-order valence-corrected chi connectivity index (χ0v) is 11.3. The zero-order chi connectivity index (χ0) is 12.3. The predicted octanol–water partition coefficient (Wildman–Crippen LogP) is 3.59. The fourth-order valence-electron chi connectivity index (χ4n) is 3.82. The highest BCUT2D eigenvalue weighted by Gasteiger charge is 2.40. The Morgan fingerprint density at radius 3 is 2.65 bits per heavy atom. The highest BCUT2D eigenvalue weighted by Crippen LogP contribution is 2.49. The van der Waals surface area contributed by atoms with E-state index in [1.54, 1.807) is 0 Å². The molecule has 2 aliphatic rings. The third kappa shape index (κ3) is 3.09. The van der Waals surface area contributed by atoms with Gasteiger partial charge in [-0.05, 0) is 50.4 Å². The van der Waals surface area contributed by atoms with Crippen LogP contribution in [0.25, 0.3) is 0 Å². The summed E-state index contributed by atoms with van der Waals surface area (Å²) in [7, 11) is 0. The number of hydrogen-bond donors (Lipinski definition) is 0. The monoisotopic (exact) mass is 238 g/mol. The molecule has 0 aromatic carbocycles. The summed E-state index contributed by atoms with van der Waals surface area (Å²) in [5.41, 5.74) is 0. The number of hydrogen-bond acceptors (Lipinski definition) is 2. The van der Waals surface area contributed by atoms with Crippen molar-refractivity contribution in [3.05, 3.63) is 0 Å². The van der Waals surface area contributed by atoms with Crippen molar-refractivity contribution in [1.29, 1.82) is 0 Å². The number of carbonyl (C=O) groups is 1. The fraction of sp³-hybridized carbons (Fsp3) is 0.933. The van der Waals surface area contributed by atoms with Crippen LogP contribution in [-0.2, 0) is 9.53 Å². The van der Waals surface area contributed by atoms with Gasteiger partial charge >= 0.3 is 0 Å². The molecule has 4 unspecified atom stereocenters. The van der Waals surface area contributed by atoms with E-state index in [1.807, 2.05) is 6.92 Å². The number of rotatable bonds is 7. The van der Waals surface area contributed by atoms with E-state index in [9.17, 15) is 4.79 Å². The van der Waals surface area contributed by atoms with E-state index >= 15 is 0 Å². The zero-order valence-electron chi connectivity index (χ0n) is 11.3. The molecule has 0 aromatic rings. The summed E-state index contributed by atoms with van der Waals surface area (Å²) in [6.07, 6.45) is 8.08. The molecule has 2 heteroatoms. The van der Waals surface area contributed by atoms with Gasteiger partial charge in [0.05, 0.1) is 0 Å². The molecule has 2 rings (SSSR count). The Kier molecular flexibility index (Phi) is 4.61. The average molecular weight is 238 g/mol. The van der Waals surface area contributed by atoms with Gasteiger partial charge in [-0.15, -0.1) is 0 Å². The third-order valence-corrected chi connectivity index (χ3v) is 4.63. The van der Waals surface area contributed by atoms with E-state index in [-0.39, 0.29) is 6.10 Å². The Morgan fingerprint density at radius 1 is 1.29 bits per heavy atom. The second-order valence-corrected chi connectivity index (χ2v) is 5.84. The van der Waals surface area contributed by atoms with Gasteiger partial charge in [0, 0.05) is 13.0 Å². The van der Waals surface area contributed by atoms with Crippen molar-refractivity contribution < 1.29 is 9.53 Å². The van der Waals surface area contributed by atoms with Gasteiger partial charge in [0.2, 0.25) is 0 Å². The molecule has 17 heavy (non-hydrogen) atoms. The smallest absolute Gasteiger partial charge is 0.161 e. The Morgan fingerprint density at radius 2 is 2.12 bits per heavy atom. The van der Waals surface area contributed by atoms with Crippen LogP contribution in [0.4, 0.5) is 0 Å². The highest BCUT2D eigenvalue weighted by molar-refractivity contribution is 5.83. The Hall–Kier alpha value is -0.370. The minimum absolute atomic E-state index is 0.121. The van der Waals surface area contributed by atoms with Gasteiger partial charge in [-0.1, -0.05) is 19.8 Å². The van der Waals surface area contributed by atoms with E-state index < -0.39 is 0 Å². The molecule has 2 saturated carbocycles. The van der Waals surface area contributed by atoms with E-state index in [2.05, 4.69) is 6.92 Å². The van der Waals surface area contributed by atoms with E-state index in [0.717, 1.165) is 31.1 Å². The maximum Gasteiger partial charge on any atom is 0.161 e. The summed E-state index contributed by atoms with van der Waals surface area (Å²) >= 11 is 0. The molecule has 2 aliphatic carbocycles. The van der Waals surface area contributed by atoms with Crippen LogP contribution in [0.15, 0.2) is 0 Å². The molecule has 0 N–H and O–H groups in total. The summed E-state index contributed by atoms with van der Waals surface area (Å²) in [6.45, 7) is 4.76. The normalized spacial score (nSPS) is 32.9. The molecule has 2 fully saturated rings. The van der Waals surface area contributed by atoms with Crippen molar-refractivity contribution in [3.8, 4) is 0 Å². The quantitative estimate of drug-likeness (QED) is 0.677. The van der Waals surface area contributed by atoms with Gasteiger partial charge in [-0.25, -0.2) is 0 Å². The minimum atomic E-state index is -0.121. The molecule has 0 amide bonds. The van der Waals surface area contributed by atoms with Crippen LogP contribution in [0, 0.1) is 17.8 Å². The molecule has 2 bridgehead atoms. The van der Waals surface area contributed by atoms with Crippen LogP contribution in [0.2, 0.25) is 0 Å². The first-order valence-corrected chi connectivity index (χ1v) is 7.38. The minimum Gasteiger partial charge on any atom is -0.371 e. The first kappa shape index (κ1) is 13.1. The first-order chi connectivity index (χ1) is 8.24. The van der Waals surface area contributed by atoms with Crippen LogP contribution < -0.4 is 0 Å². The second-order valence-electron chi connectivity index (χ2n) is 5.84. The molecule has 0 aliphatic heterocycles. The van der Waals surface area contributed by atoms with Crippen molar-refractivity contribution in [3.63, 3.8) is 0 Å². The molecular weight excluding hydrogens is 212 g/mol. The summed E-state index contributed by atoms with van der Waals surface area (Å²) in [5, 5.41) is 0. The predicted molar refractivity (Wildman–Crippen MR) is 68.9 cm³/mol. The SMILES string of the molecule is CCCC(OCC)C(=O)CC1CC2CCC1C2. The number of ketones is 1. The van der Waals surface area contributed by atoms with Gasteiger partial charge in [-0.2, -0.15) is 0 Å². The summed E-state index contributed by atoms with van der Waals surface area (Å²) in [4.78, 5) is 12.2. The molecule has 0 radical (unpaired) electrons. The number of fused-ring (bicyclic) bond motifs is 2. The van der Waals surface area contributed by atoms with Crippen LogP contribution in [0.5, 0.6) is 0 Å². The maximum absolute atomic E-state index is 12.2. The van der Waals surface area contributed by atoms with Gasteiger partial charge in [-0.3, -0.25) is 4.79 Å². The van der Waals surface area contributed by atoms with Gasteiger partial charge in [0.25, 0.3) is 0 Å².